The molecule has 0 N–H and O–H groups in total. The highest BCUT2D eigenvalue weighted by molar-refractivity contribution is 7.91. The third-order valence-electron chi connectivity index (χ3n) is 3.10. The second-order valence-corrected chi connectivity index (χ2v) is 5.89. The summed E-state index contributed by atoms with van der Waals surface area (Å²) in [7, 11) is -2.14. The number of para-hydroxylation sites is 1. The standard InChI is InChI=1S/C14H12N2O2S/c1-16-13-10-6-5-9-12(13)14(15-19(16,17)18)11-7-3-2-4-8-11/h2-10H,1H3. The maximum absolute atomic E-state index is 12.1. The van der Waals surface area contributed by atoms with Gasteiger partial charge in [0.25, 0.3) is 0 Å². The molecule has 0 saturated heterocycles. The van der Waals surface area contributed by atoms with Gasteiger partial charge >= 0.3 is 10.2 Å². The van der Waals surface area contributed by atoms with Crippen molar-refractivity contribution >= 4 is 21.6 Å². The van der Waals surface area contributed by atoms with E-state index in [1.807, 2.05) is 48.5 Å². The Bertz CT molecular complexity index is 752. The molecule has 0 radical (unpaired) electrons. The number of fused-ring (bicyclic) bond motifs is 1. The van der Waals surface area contributed by atoms with E-state index in [4.69, 9.17) is 0 Å². The van der Waals surface area contributed by atoms with Crippen LogP contribution in [0.5, 0.6) is 0 Å². The highest BCUT2D eigenvalue weighted by Gasteiger charge is 2.28. The lowest BCUT2D eigenvalue weighted by Crippen LogP contribution is -2.31. The van der Waals surface area contributed by atoms with Crippen molar-refractivity contribution in [2.45, 2.75) is 0 Å². The van der Waals surface area contributed by atoms with E-state index < -0.39 is 10.2 Å². The summed E-state index contributed by atoms with van der Waals surface area (Å²) in [6, 6.07) is 16.7. The van der Waals surface area contributed by atoms with Crippen LogP contribution < -0.4 is 4.31 Å². The van der Waals surface area contributed by atoms with Gasteiger partial charge in [0.1, 0.15) is 0 Å². The highest BCUT2D eigenvalue weighted by atomic mass is 32.2. The summed E-state index contributed by atoms with van der Waals surface area (Å²) >= 11 is 0. The van der Waals surface area contributed by atoms with E-state index in [1.54, 1.807) is 6.07 Å². The Morgan fingerprint density at radius 3 is 2.32 bits per heavy atom. The number of benzene rings is 2. The lowest BCUT2D eigenvalue weighted by molar-refractivity contribution is 0.596. The second-order valence-electron chi connectivity index (χ2n) is 4.27. The van der Waals surface area contributed by atoms with E-state index in [0.717, 1.165) is 11.1 Å². The number of anilines is 1. The predicted molar refractivity (Wildman–Crippen MR) is 75.8 cm³/mol. The Hall–Kier alpha value is -2.14. The van der Waals surface area contributed by atoms with Crippen LogP contribution in [0.15, 0.2) is 59.0 Å². The summed E-state index contributed by atoms with van der Waals surface area (Å²) in [5, 5.41) is 0. The first-order valence-electron chi connectivity index (χ1n) is 5.83. The van der Waals surface area contributed by atoms with Crippen molar-refractivity contribution in [3.63, 3.8) is 0 Å². The Morgan fingerprint density at radius 1 is 0.947 bits per heavy atom. The van der Waals surface area contributed by atoms with Crippen LogP contribution in [0.4, 0.5) is 5.69 Å². The van der Waals surface area contributed by atoms with Crippen LogP contribution in [-0.4, -0.2) is 21.2 Å². The number of rotatable bonds is 1. The molecule has 1 aliphatic heterocycles. The molecule has 0 aromatic heterocycles. The zero-order valence-electron chi connectivity index (χ0n) is 10.3. The van der Waals surface area contributed by atoms with E-state index >= 15 is 0 Å². The fourth-order valence-corrected chi connectivity index (χ4v) is 3.07. The monoisotopic (exact) mass is 272 g/mol. The molecule has 1 heterocycles. The zero-order valence-corrected chi connectivity index (χ0v) is 11.1. The molecule has 5 heteroatoms. The van der Waals surface area contributed by atoms with Crippen molar-refractivity contribution in [1.29, 1.82) is 0 Å². The second kappa shape index (κ2) is 4.20. The third kappa shape index (κ3) is 1.92. The minimum Gasteiger partial charge on any atom is -0.254 e. The van der Waals surface area contributed by atoms with Gasteiger partial charge in [0.05, 0.1) is 11.4 Å². The van der Waals surface area contributed by atoms with E-state index in [9.17, 15) is 8.42 Å². The molecule has 0 spiro atoms. The van der Waals surface area contributed by atoms with Crippen molar-refractivity contribution in [3.05, 3.63) is 65.7 Å². The first-order valence-corrected chi connectivity index (χ1v) is 7.23. The number of hydrogen-bond acceptors (Lipinski definition) is 2. The van der Waals surface area contributed by atoms with Gasteiger partial charge in [0.15, 0.2) is 0 Å². The topological polar surface area (TPSA) is 49.7 Å². The summed E-state index contributed by atoms with van der Waals surface area (Å²) in [5.41, 5.74) is 2.77. The summed E-state index contributed by atoms with van der Waals surface area (Å²) < 4.78 is 29.3. The van der Waals surface area contributed by atoms with Gasteiger partial charge in [-0.1, -0.05) is 48.5 Å². The molecule has 0 atom stereocenters. The zero-order chi connectivity index (χ0) is 13.5. The molecule has 0 bridgehead atoms. The highest BCUT2D eigenvalue weighted by Crippen LogP contribution is 2.30. The Kier molecular flexibility index (Phi) is 2.64. The fourth-order valence-electron chi connectivity index (χ4n) is 2.10. The lowest BCUT2D eigenvalue weighted by Gasteiger charge is -2.25. The van der Waals surface area contributed by atoms with Crippen molar-refractivity contribution in [3.8, 4) is 0 Å². The number of hydrogen-bond donors (Lipinski definition) is 0. The van der Waals surface area contributed by atoms with Gasteiger partial charge in [-0.05, 0) is 6.07 Å². The van der Waals surface area contributed by atoms with Gasteiger partial charge in [-0.3, -0.25) is 4.31 Å². The van der Waals surface area contributed by atoms with Crippen molar-refractivity contribution in [2.75, 3.05) is 11.4 Å². The molecule has 4 nitrogen and oxygen atoms in total. The predicted octanol–water partition coefficient (Wildman–Crippen LogP) is 2.22. The largest absolute Gasteiger partial charge is 0.345 e. The molecule has 2 aromatic rings. The van der Waals surface area contributed by atoms with E-state index in [1.165, 1.54) is 11.4 Å². The van der Waals surface area contributed by atoms with Gasteiger partial charge in [-0.2, -0.15) is 8.42 Å². The van der Waals surface area contributed by atoms with Gasteiger partial charge in [0, 0.05) is 18.2 Å². The Labute approximate surface area is 112 Å². The maximum atomic E-state index is 12.1. The average molecular weight is 272 g/mol. The third-order valence-corrected chi connectivity index (χ3v) is 4.40. The van der Waals surface area contributed by atoms with E-state index in [-0.39, 0.29) is 0 Å². The Balaban J connectivity index is 2.30. The first-order chi connectivity index (χ1) is 9.09. The van der Waals surface area contributed by atoms with Crippen LogP contribution in [0.25, 0.3) is 0 Å². The van der Waals surface area contributed by atoms with Gasteiger partial charge in [-0.25, -0.2) is 0 Å². The minimum atomic E-state index is -3.65. The van der Waals surface area contributed by atoms with Gasteiger partial charge in [0.2, 0.25) is 0 Å². The molecular formula is C14H12N2O2S. The van der Waals surface area contributed by atoms with Gasteiger partial charge in [-0.15, -0.1) is 4.40 Å². The smallest absolute Gasteiger partial charge is 0.254 e. The van der Waals surface area contributed by atoms with Crippen molar-refractivity contribution in [2.24, 2.45) is 4.40 Å². The fraction of sp³-hybridized carbons (Fsp3) is 0.0714. The lowest BCUT2D eigenvalue weighted by atomic mass is 10.0. The molecule has 1 aliphatic rings. The quantitative estimate of drug-likeness (QED) is 0.799. The molecule has 0 unspecified atom stereocenters. The molecular weight excluding hydrogens is 260 g/mol. The Morgan fingerprint density at radius 2 is 1.58 bits per heavy atom. The molecule has 2 aromatic carbocycles. The minimum absolute atomic E-state index is 0.495. The average Bonchev–Trinajstić information content (AvgIpc) is 2.44. The normalized spacial score (nSPS) is 16.7. The first kappa shape index (κ1) is 11.9. The molecule has 0 fully saturated rings. The van der Waals surface area contributed by atoms with Crippen LogP contribution in [0, 0.1) is 0 Å². The molecule has 0 amide bonds. The summed E-state index contributed by atoms with van der Waals surface area (Å²) in [5.74, 6) is 0. The van der Waals surface area contributed by atoms with E-state index in [2.05, 4.69) is 4.40 Å². The van der Waals surface area contributed by atoms with Crippen LogP contribution in [0.2, 0.25) is 0 Å². The van der Waals surface area contributed by atoms with Crippen molar-refractivity contribution < 1.29 is 8.42 Å². The molecule has 3 rings (SSSR count). The molecule has 0 aliphatic carbocycles. The van der Waals surface area contributed by atoms with Crippen LogP contribution in [0.3, 0.4) is 0 Å². The SMILES string of the molecule is CN1c2ccccc2C(c2ccccc2)=NS1(=O)=O. The van der Waals surface area contributed by atoms with Crippen molar-refractivity contribution in [1.82, 2.24) is 0 Å². The maximum Gasteiger partial charge on any atom is 0.345 e. The van der Waals surface area contributed by atoms with Crippen LogP contribution >= 0.6 is 0 Å². The summed E-state index contributed by atoms with van der Waals surface area (Å²) in [6.45, 7) is 0. The summed E-state index contributed by atoms with van der Waals surface area (Å²) in [6.07, 6.45) is 0. The molecule has 0 saturated carbocycles. The van der Waals surface area contributed by atoms with Crippen LogP contribution in [0.1, 0.15) is 11.1 Å². The number of nitrogens with zero attached hydrogens (tertiary/aromatic N) is 2. The van der Waals surface area contributed by atoms with Gasteiger partial charge < -0.3 is 0 Å². The molecule has 19 heavy (non-hydrogen) atoms. The summed E-state index contributed by atoms with van der Waals surface area (Å²) in [4.78, 5) is 0. The molecule has 96 valence electrons. The van der Waals surface area contributed by atoms with Crippen LogP contribution in [-0.2, 0) is 10.2 Å². The van der Waals surface area contributed by atoms with E-state index in [0.29, 0.717) is 11.4 Å².